The molecular weight excluding hydrogens is 1220 g/mol. The Bertz CT molecular complexity index is 2960. The molecule has 2 fully saturated rings. The molecule has 2 aromatic rings. The summed E-state index contributed by atoms with van der Waals surface area (Å²) >= 11 is 1.23. The van der Waals surface area contributed by atoms with Crippen molar-refractivity contribution in [3.8, 4) is 5.75 Å². The Morgan fingerprint density at radius 1 is 0.549 bits per heavy atom. The molecule has 34 nitrogen and oxygen atoms in total. The lowest BCUT2D eigenvalue weighted by molar-refractivity contribution is -0.141. The maximum Gasteiger partial charge on any atom is 0.303 e. The standard InChI is InChI=1S/C56H78N14O20S/c1-28(73)46-56(90)59-24-43(77)61-39(27-72)54(88)66-36(22-30-10-12-31(74)13-11-30)52(86)68-38(26-71)47(81)60-25-44(78)70-19-6-9-40(70)55(89)67-37(23-42(58)76)53(87)63-33(15-17-45(79)80)48(82)65-35(21-29-7-4-3-5-8-29)51(85)64-34(18-20-91-2)49(83)62-32(50(84)69-46)14-16-41(57)75/h3-5,7-8,10-13,28,32-40,46,71-74H,6,9,14-27H2,1-2H3,(H2,57,75)(H2,58,76)(H,59,90)(H,60,81)(H,61,77)(H,62,83)(H,63,87)(H,64,85)(H,65,82)(H,66,88)(H,67,89)(H,68,86)(H,69,84)(H,79,80)/t28-,32+,33+,34+,35+,36+,37+,38+,39+,40+,46+/m1/s1. The molecule has 2 aromatic carbocycles. The molecule has 0 bridgehead atoms. The SMILES string of the molecule is CSCC[C@@H]1NC(=O)[C@H](Cc2ccccc2)NC(=O)[C@H](CCC(=O)O)NC(=O)[C@H](CC(N)=O)NC(=O)[C@@H]2CCCN2C(=O)CNC(=O)[C@H](CO)NC(=O)[C@H](Cc2ccc(O)cc2)NC(=O)[C@H](CO)NC(=O)CNC(=O)[C@H]([C@@H](C)O)NC(=O)[C@H](CCC(N)=O)NC1=O. The lowest BCUT2D eigenvalue weighted by Crippen LogP contribution is -2.61. The monoisotopic (exact) mass is 1300 g/mol. The average molecular weight is 1300 g/mol. The van der Waals surface area contributed by atoms with E-state index in [9.17, 15) is 97.5 Å². The number of aromatic hydroxyl groups is 1. The van der Waals surface area contributed by atoms with Crippen LogP contribution in [0.1, 0.15) is 69.4 Å². The minimum Gasteiger partial charge on any atom is -0.508 e. The number of nitrogens with one attached hydrogen (secondary N) is 11. The van der Waals surface area contributed by atoms with Crippen molar-refractivity contribution in [2.75, 3.05) is 44.9 Å². The van der Waals surface area contributed by atoms with Gasteiger partial charge < -0.3 is 100 Å². The molecule has 2 heterocycles. The van der Waals surface area contributed by atoms with Crippen LogP contribution < -0.4 is 70.0 Å². The number of thioether (sulfide) groups is 1. The first-order valence-electron chi connectivity index (χ1n) is 28.7. The second-order valence-corrected chi connectivity index (χ2v) is 22.3. The third-order valence-corrected chi connectivity index (χ3v) is 14.9. The number of aliphatic hydroxyl groups is 3. The second kappa shape index (κ2) is 36.9. The number of carbonyl (C=O) groups excluding carboxylic acids is 14. The number of carbonyl (C=O) groups is 15. The van der Waals surface area contributed by atoms with Crippen molar-refractivity contribution < 1.29 is 97.5 Å². The summed E-state index contributed by atoms with van der Waals surface area (Å²) in [6, 6.07) is -4.01. The van der Waals surface area contributed by atoms with Crippen molar-refractivity contribution in [1.29, 1.82) is 0 Å². The van der Waals surface area contributed by atoms with Gasteiger partial charge in [-0.05, 0) is 74.3 Å². The van der Waals surface area contributed by atoms with Crippen LogP contribution in [0, 0.1) is 0 Å². The summed E-state index contributed by atoms with van der Waals surface area (Å²) in [4.78, 5) is 204. The Kier molecular flexibility index (Phi) is 30.0. The molecule has 20 N–H and O–H groups in total. The fourth-order valence-corrected chi connectivity index (χ4v) is 9.81. The van der Waals surface area contributed by atoms with Gasteiger partial charge in [-0.15, -0.1) is 0 Å². The molecule has 0 spiro atoms. The molecule has 498 valence electrons. The topological polar surface area (TPSA) is 545 Å². The maximum absolute atomic E-state index is 14.5. The summed E-state index contributed by atoms with van der Waals surface area (Å²) in [7, 11) is 0. The second-order valence-electron chi connectivity index (χ2n) is 21.3. The van der Waals surface area contributed by atoms with Crippen LogP contribution in [0.5, 0.6) is 5.75 Å². The van der Waals surface area contributed by atoms with Gasteiger partial charge >= 0.3 is 5.97 Å². The lowest BCUT2D eigenvalue weighted by atomic mass is 10.0. The quantitative estimate of drug-likeness (QED) is 0.0659. The number of amides is 14. The minimum atomic E-state index is -1.91. The number of fused-ring (bicyclic) bond motifs is 1. The van der Waals surface area contributed by atoms with E-state index in [4.69, 9.17) is 11.5 Å². The predicted molar refractivity (Wildman–Crippen MR) is 318 cm³/mol. The van der Waals surface area contributed by atoms with Gasteiger partial charge in [0.15, 0.2) is 0 Å². The molecule has 0 aliphatic carbocycles. The van der Waals surface area contributed by atoms with Gasteiger partial charge in [0.2, 0.25) is 82.7 Å². The van der Waals surface area contributed by atoms with Crippen molar-refractivity contribution in [3.63, 3.8) is 0 Å². The molecule has 2 saturated heterocycles. The van der Waals surface area contributed by atoms with Crippen LogP contribution in [-0.2, 0) is 84.8 Å². The van der Waals surface area contributed by atoms with Gasteiger partial charge in [0.1, 0.15) is 66.2 Å². The van der Waals surface area contributed by atoms with Gasteiger partial charge in [-0.1, -0.05) is 42.5 Å². The van der Waals surface area contributed by atoms with E-state index in [-0.39, 0.29) is 50.2 Å². The highest BCUT2D eigenvalue weighted by atomic mass is 32.2. The summed E-state index contributed by atoms with van der Waals surface area (Å²) in [5, 5.41) is 76.2. The number of benzene rings is 2. The van der Waals surface area contributed by atoms with E-state index in [0.29, 0.717) is 11.1 Å². The number of phenols is 1. The van der Waals surface area contributed by atoms with Crippen molar-refractivity contribution in [2.24, 2.45) is 11.5 Å². The van der Waals surface area contributed by atoms with Crippen LogP contribution in [0.15, 0.2) is 54.6 Å². The molecule has 11 atom stereocenters. The van der Waals surface area contributed by atoms with E-state index >= 15 is 0 Å². The first kappa shape index (κ1) is 74.0. The number of aliphatic hydroxyl groups excluding tert-OH is 3. The van der Waals surface area contributed by atoms with Crippen molar-refractivity contribution in [1.82, 2.24) is 63.4 Å². The Morgan fingerprint density at radius 3 is 1.54 bits per heavy atom. The fraction of sp³-hybridized carbons (Fsp3) is 0.518. The van der Waals surface area contributed by atoms with Crippen LogP contribution >= 0.6 is 11.8 Å². The van der Waals surface area contributed by atoms with Gasteiger partial charge in [-0.25, -0.2) is 0 Å². The predicted octanol–water partition coefficient (Wildman–Crippen LogP) is -8.10. The number of hydrogen-bond donors (Lipinski definition) is 18. The van der Waals surface area contributed by atoms with E-state index < -0.39 is 214 Å². The molecule has 0 unspecified atom stereocenters. The highest BCUT2D eigenvalue weighted by Gasteiger charge is 2.39. The highest BCUT2D eigenvalue weighted by Crippen LogP contribution is 2.19. The molecule has 35 heteroatoms. The molecule has 2 aliphatic heterocycles. The highest BCUT2D eigenvalue weighted by molar-refractivity contribution is 7.98. The fourth-order valence-electron chi connectivity index (χ4n) is 9.34. The number of primary amides is 2. The number of hydrogen-bond acceptors (Lipinski definition) is 20. The van der Waals surface area contributed by atoms with E-state index in [2.05, 4.69) is 58.5 Å². The first-order chi connectivity index (χ1) is 43.1. The van der Waals surface area contributed by atoms with Crippen LogP contribution in [0.2, 0.25) is 0 Å². The zero-order chi connectivity index (χ0) is 67.5. The first-order valence-corrected chi connectivity index (χ1v) is 30.1. The smallest absolute Gasteiger partial charge is 0.303 e. The summed E-state index contributed by atoms with van der Waals surface area (Å²) in [6.07, 6.45) is -4.14. The van der Waals surface area contributed by atoms with Crippen molar-refractivity contribution in [2.45, 2.75) is 138 Å². The van der Waals surface area contributed by atoms with Gasteiger partial charge in [-0.2, -0.15) is 11.8 Å². The summed E-state index contributed by atoms with van der Waals surface area (Å²) in [6.45, 7) is -3.07. The Balaban J connectivity index is 1.77. The molecule has 4 rings (SSSR count). The van der Waals surface area contributed by atoms with Gasteiger partial charge in [-0.3, -0.25) is 71.9 Å². The van der Waals surface area contributed by atoms with Crippen LogP contribution in [0.3, 0.4) is 0 Å². The summed E-state index contributed by atoms with van der Waals surface area (Å²) < 4.78 is 0. The number of nitrogens with zero attached hydrogens (tertiary/aromatic N) is 1. The number of carboxylic acids is 1. The zero-order valence-electron chi connectivity index (χ0n) is 49.7. The zero-order valence-corrected chi connectivity index (χ0v) is 50.5. The molecule has 14 amide bonds. The Hall–Kier alpha value is -9.48. The van der Waals surface area contributed by atoms with Crippen LogP contribution in [0.25, 0.3) is 0 Å². The van der Waals surface area contributed by atoms with E-state index in [1.165, 1.54) is 36.0 Å². The molecule has 0 aromatic heterocycles. The number of nitrogens with two attached hydrogens (primary N) is 2. The maximum atomic E-state index is 14.5. The summed E-state index contributed by atoms with van der Waals surface area (Å²) in [5.41, 5.74) is 11.6. The minimum absolute atomic E-state index is 0.0266. The normalized spacial score (nSPS) is 25.0. The Labute approximate surface area is 525 Å². The van der Waals surface area contributed by atoms with E-state index in [1.807, 2.05) is 0 Å². The molecule has 2 aliphatic rings. The molecule has 0 radical (unpaired) electrons. The molecule has 91 heavy (non-hydrogen) atoms. The third kappa shape index (κ3) is 24.4. The molecular formula is C56H78N14O20S. The van der Waals surface area contributed by atoms with Crippen molar-refractivity contribution >= 4 is 100 Å². The third-order valence-electron chi connectivity index (χ3n) is 14.2. The van der Waals surface area contributed by atoms with E-state index in [1.54, 1.807) is 36.6 Å². The van der Waals surface area contributed by atoms with Crippen molar-refractivity contribution in [3.05, 3.63) is 65.7 Å². The van der Waals surface area contributed by atoms with Crippen LogP contribution in [-0.4, -0.2) is 230 Å². The number of rotatable bonds is 18. The largest absolute Gasteiger partial charge is 0.508 e. The average Bonchev–Trinajstić information content (AvgIpc) is 3.71. The summed E-state index contributed by atoms with van der Waals surface area (Å²) in [5.74, 6) is -17.0. The van der Waals surface area contributed by atoms with E-state index in [0.717, 1.165) is 11.8 Å². The number of carboxylic acid groups (broad SMARTS) is 1. The lowest BCUT2D eigenvalue weighted by Gasteiger charge is -2.28. The van der Waals surface area contributed by atoms with Gasteiger partial charge in [0.05, 0.1) is 38.8 Å². The Morgan fingerprint density at radius 2 is 1.01 bits per heavy atom. The number of aliphatic carboxylic acids is 1. The molecule has 0 saturated carbocycles. The van der Waals surface area contributed by atoms with Gasteiger partial charge in [0.25, 0.3) is 0 Å². The van der Waals surface area contributed by atoms with Gasteiger partial charge in [0, 0.05) is 32.2 Å². The number of phenolic OH excluding ortho intramolecular Hbond substituents is 1. The van der Waals surface area contributed by atoms with Crippen LogP contribution in [0.4, 0.5) is 0 Å².